The van der Waals surface area contributed by atoms with Crippen LogP contribution in [-0.2, 0) is 6.54 Å². The van der Waals surface area contributed by atoms with Gasteiger partial charge >= 0.3 is 5.78 Å². The highest BCUT2D eigenvalue weighted by atomic mass is 15.2. The van der Waals surface area contributed by atoms with Crippen molar-refractivity contribution in [1.29, 1.82) is 0 Å². The third-order valence-electron chi connectivity index (χ3n) is 5.87. The van der Waals surface area contributed by atoms with Gasteiger partial charge < -0.3 is 4.90 Å². The van der Waals surface area contributed by atoms with Crippen LogP contribution in [0.1, 0.15) is 24.8 Å². The number of nitrogens with one attached hydrogen (secondary N) is 1. The highest BCUT2D eigenvalue weighted by Crippen LogP contribution is 2.23. The standard InChI is InChI=1S/C23H26N4/c1-18-9-11-19(12-10-18)22-17-27-21-8-4-3-7-20(21)24-23(27)26(22)16-15-25-13-5-2-6-14-25/h3-4,7-12,17H,2,5-6,13-16H2,1H3/p+1. The molecule has 1 fully saturated rings. The molecule has 0 spiro atoms. The molecule has 0 unspecified atom stereocenters. The maximum atomic E-state index is 3.64. The SMILES string of the molecule is Cc1ccc(-c2c[n+]3c4ccccc4[nH]c3n2CCN2CCCCC2)cc1. The molecule has 0 bridgehead atoms. The van der Waals surface area contributed by atoms with E-state index in [4.69, 9.17) is 0 Å². The number of imidazole rings is 2. The Hall–Kier alpha value is -2.59. The molecule has 0 amide bonds. The first kappa shape index (κ1) is 16.6. The number of piperidine rings is 1. The molecular weight excluding hydrogens is 332 g/mol. The minimum absolute atomic E-state index is 1.01. The topological polar surface area (TPSA) is 28.1 Å². The van der Waals surface area contributed by atoms with Crippen molar-refractivity contribution in [2.45, 2.75) is 32.7 Å². The summed E-state index contributed by atoms with van der Waals surface area (Å²) in [6.07, 6.45) is 6.35. The minimum atomic E-state index is 1.01. The van der Waals surface area contributed by atoms with Crippen LogP contribution in [0.25, 0.3) is 28.1 Å². The molecule has 1 aliphatic heterocycles. The molecule has 4 heteroatoms. The summed E-state index contributed by atoms with van der Waals surface area (Å²) in [4.78, 5) is 6.26. The van der Waals surface area contributed by atoms with Crippen molar-refractivity contribution in [3.63, 3.8) is 0 Å². The van der Waals surface area contributed by atoms with Gasteiger partial charge in [-0.3, -0.25) is 0 Å². The number of para-hydroxylation sites is 2. The maximum Gasteiger partial charge on any atom is 0.368 e. The molecule has 2 aromatic carbocycles. The maximum absolute atomic E-state index is 3.64. The van der Waals surface area contributed by atoms with Crippen LogP contribution >= 0.6 is 0 Å². The van der Waals surface area contributed by atoms with E-state index in [1.165, 1.54) is 66.0 Å². The molecule has 1 saturated heterocycles. The second kappa shape index (κ2) is 6.86. The van der Waals surface area contributed by atoms with Crippen molar-refractivity contribution in [1.82, 2.24) is 14.5 Å². The zero-order chi connectivity index (χ0) is 18.2. The van der Waals surface area contributed by atoms with E-state index in [1.54, 1.807) is 0 Å². The molecule has 4 nitrogen and oxygen atoms in total. The molecule has 27 heavy (non-hydrogen) atoms. The average molecular weight is 359 g/mol. The zero-order valence-electron chi connectivity index (χ0n) is 16.0. The lowest BCUT2D eigenvalue weighted by atomic mass is 10.1. The molecule has 1 aliphatic rings. The number of aromatic amines is 1. The molecule has 5 rings (SSSR count). The Morgan fingerprint density at radius 2 is 1.70 bits per heavy atom. The zero-order valence-corrected chi connectivity index (χ0v) is 16.0. The number of aromatic nitrogens is 3. The number of rotatable bonds is 4. The molecule has 0 saturated carbocycles. The Bertz CT molecular complexity index is 1070. The molecule has 3 heterocycles. The molecule has 4 aromatic rings. The number of fused-ring (bicyclic) bond motifs is 3. The van der Waals surface area contributed by atoms with Crippen molar-refractivity contribution < 1.29 is 4.40 Å². The van der Waals surface area contributed by atoms with Crippen molar-refractivity contribution in [3.05, 3.63) is 60.3 Å². The van der Waals surface area contributed by atoms with Gasteiger partial charge in [-0.25, -0.2) is 9.55 Å². The average Bonchev–Trinajstić information content (AvgIpc) is 3.24. The first-order valence-corrected chi connectivity index (χ1v) is 10.1. The van der Waals surface area contributed by atoms with Crippen LogP contribution in [0.4, 0.5) is 0 Å². The smallest absolute Gasteiger partial charge is 0.300 e. The van der Waals surface area contributed by atoms with Crippen molar-refractivity contribution in [2.24, 2.45) is 0 Å². The quantitative estimate of drug-likeness (QED) is 0.544. The summed E-state index contributed by atoms with van der Waals surface area (Å²) in [5, 5.41) is 0. The van der Waals surface area contributed by atoms with Gasteiger partial charge in [0.2, 0.25) is 0 Å². The lowest BCUT2D eigenvalue weighted by molar-refractivity contribution is -0.479. The van der Waals surface area contributed by atoms with Crippen LogP contribution in [0.3, 0.4) is 0 Å². The first-order valence-electron chi connectivity index (χ1n) is 10.1. The Morgan fingerprint density at radius 1 is 0.926 bits per heavy atom. The summed E-state index contributed by atoms with van der Waals surface area (Å²) < 4.78 is 4.76. The minimum Gasteiger partial charge on any atom is -0.300 e. The number of aryl methyl sites for hydroxylation is 1. The highest BCUT2D eigenvalue weighted by Gasteiger charge is 2.23. The largest absolute Gasteiger partial charge is 0.368 e. The summed E-state index contributed by atoms with van der Waals surface area (Å²) in [5.41, 5.74) is 6.28. The summed E-state index contributed by atoms with van der Waals surface area (Å²) >= 11 is 0. The van der Waals surface area contributed by atoms with Gasteiger partial charge in [0.15, 0.2) is 0 Å². The first-order chi connectivity index (χ1) is 13.3. The van der Waals surface area contributed by atoms with Gasteiger partial charge in [0.25, 0.3) is 0 Å². The summed E-state index contributed by atoms with van der Waals surface area (Å²) in [6.45, 7) is 6.74. The van der Waals surface area contributed by atoms with Gasteiger partial charge in [-0.05, 0) is 45.0 Å². The van der Waals surface area contributed by atoms with E-state index in [-0.39, 0.29) is 0 Å². The second-order valence-electron chi connectivity index (χ2n) is 7.77. The van der Waals surface area contributed by atoms with Crippen LogP contribution in [-0.4, -0.2) is 34.1 Å². The number of benzene rings is 2. The van der Waals surface area contributed by atoms with E-state index in [1.807, 2.05) is 0 Å². The summed E-state index contributed by atoms with van der Waals surface area (Å²) in [6, 6.07) is 17.4. The molecule has 0 aliphatic carbocycles. The van der Waals surface area contributed by atoms with Crippen molar-refractivity contribution in [3.8, 4) is 11.3 Å². The molecular formula is C23H27N4+. The third-order valence-corrected chi connectivity index (χ3v) is 5.87. The predicted octanol–water partition coefficient (Wildman–Crippen LogP) is 4.17. The van der Waals surface area contributed by atoms with E-state index >= 15 is 0 Å². The molecule has 1 N–H and O–H groups in total. The van der Waals surface area contributed by atoms with Crippen molar-refractivity contribution in [2.75, 3.05) is 19.6 Å². The molecule has 138 valence electrons. The van der Waals surface area contributed by atoms with Crippen LogP contribution < -0.4 is 4.40 Å². The number of hydrogen-bond donors (Lipinski definition) is 1. The monoisotopic (exact) mass is 359 g/mol. The Morgan fingerprint density at radius 3 is 2.52 bits per heavy atom. The van der Waals surface area contributed by atoms with Gasteiger partial charge in [0, 0.05) is 12.1 Å². The molecule has 0 atom stereocenters. The van der Waals surface area contributed by atoms with Gasteiger partial charge in [-0.15, -0.1) is 0 Å². The van der Waals surface area contributed by atoms with Gasteiger partial charge in [-0.1, -0.05) is 48.4 Å². The Balaban J connectivity index is 1.59. The van der Waals surface area contributed by atoms with Gasteiger partial charge in [0.05, 0.1) is 6.54 Å². The molecule has 0 radical (unpaired) electrons. The fourth-order valence-corrected chi connectivity index (χ4v) is 4.32. The van der Waals surface area contributed by atoms with Crippen LogP contribution in [0.15, 0.2) is 54.7 Å². The normalized spacial score (nSPS) is 15.7. The highest BCUT2D eigenvalue weighted by molar-refractivity contribution is 5.74. The second-order valence-corrected chi connectivity index (χ2v) is 7.77. The van der Waals surface area contributed by atoms with Crippen molar-refractivity contribution >= 4 is 16.8 Å². The number of likely N-dealkylation sites (tertiary alicyclic amines) is 1. The third kappa shape index (κ3) is 3.04. The number of H-pyrrole nitrogens is 1. The molecule has 2 aromatic heterocycles. The Labute approximate surface area is 160 Å². The lowest BCUT2D eigenvalue weighted by Crippen LogP contribution is -2.32. The van der Waals surface area contributed by atoms with Crippen LogP contribution in [0.2, 0.25) is 0 Å². The summed E-state index contributed by atoms with van der Waals surface area (Å²) in [7, 11) is 0. The van der Waals surface area contributed by atoms with E-state index in [2.05, 4.69) is 80.5 Å². The fraction of sp³-hybridized carbons (Fsp3) is 0.348. The fourth-order valence-electron chi connectivity index (χ4n) is 4.32. The van der Waals surface area contributed by atoms with Gasteiger partial charge in [0.1, 0.15) is 22.9 Å². The number of nitrogens with zero attached hydrogens (tertiary/aromatic N) is 3. The van der Waals surface area contributed by atoms with E-state index < -0.39 is 0 Å². The summed E-state index contributed by atoms with van der Waals surface area (Å²) in [5.74, 6) is 1.17. The van der Waals surface area contributed by atoms with Crippen LogP contribution in [0.5, 0.6) is 0 Å². The Kier molecular flexibility index (Phi) is 4.21. The number of hydrogen-bond acceptors (Lipinski definition) is 1. The van der Waals surface area contributed by atoms with E-state index in [9.17, 15) is 0 Å². The van der Waals surface area contributed by atoms with E-state index in [0.717, 1.165) is 13.1 Å². The van der Waals surface area contributed by atoms with E-state index in [0.29, 0.717) is 0 Å². The van der Waals surface area contributed by atoms with Crippen LogP contribution in [0, 0.1) is 6.92 Å². The predicted molar refractivity (Wildman–Crippen MR) is 110 cm³/mol. The van der Waals surface area contributed by atoms with Gasteiger partial charge in [-0.2, -0.15) is 4.40 Å². The lowest BCUT2D eigenvalue weighted by Gasteiger charge is -2.25.